The zero-order valence-corrected chi connectivity index (χ0v) is 10.2. The summed E-state index contributed by atoms with van der Waals surface area (Å²) in [5, 5.41) is 0.149. The van der Waals surface area contributed by atoms with E-state index < -0.39 is 0 Å². The Bertz CT molecular complexity index is 384. The highest BCUT2D eigenvalue weighted by atomic mass is 32.2. The molecular formula is C12H12OS2. The minimum Gasteiger partial charge on any atom is -0.288 e. The zero-order valence-electron chi connectivity index (χ0n) is 8.49. The van der Waals surface area contributed by atoms with E-state index in [-0.39, 0.29) is 5.12 Å². The summed E-state index contributed by atoms with van der Waals surface area (Å²) in [6.07, 6.45) is 0.743. The van der Waals surface area contributed by atoms with Crippen LogP contribution in [0.15, 0.2) is 29.2 Å². The lowest BCUT2D eigenvalue weighted by Crippen LogP contribution is -1.84. The molecule has 0 saturated carbocycles. The van der Waals surface area contributed by atoms with Crippen molar-refractivity contribution in [2.75, 3.05) is 5.75 Å². The first kappa shape index (κ1) is 12.2. The fourth-order valence-electron chi connectivity index (χ4n) is 0.955. The molecule has 0 spiro atoms. The number of carbonyl (C=O) groups is 1. The van der Waals surface area contributed by atoms with Crippen molar-refractivity contribution in [1.29, 1.82) is 0 Å². The first-order chi connectivity index (χ1) is 7.18. The molecular weight excluding hydrogens is 224 g/mol. The van der Waals surface area contributed by atoms with E-state index >= 15 is 0 Å². The fourth-order valence-corrected chi connectivity index (χ4v) is 1.60. The molecule has 0 radical (unpaired) electrons. The van der Waals surface area contributed by atoms with Gasteiger partial charge in [-0.05, 0) is 24.3 Å². The summed E-state index contributed by atoms with van der Waals surface area (Å²) in [5.41, 5.74) is 0.987. The van der Waals surface area contributed by atoms with E-state index in [4.69, 9.17) is 0 Å². The van der Waals surface area contributed by atoms with E-state index in [1.165, 1.54) is 11.8 Å². The van der Waals surface area contributed by atoms with Crippen molar-refractivity contribution >= 4 is 29.5 Å². The largest absolute Gasteiger partial charge is 0.288 e. The van der Waals surface area contributed by atoms with Gasteiger partial charge in [0.1, 0.15) is 0 Å². The molecule has 0 aromatic heterocycles. The second kappa shape index (κ2) is 6.60. The molecule has 3 heteroatoms. The van der Waals surface area contributed by atoms with E-state index in [0.717, 1.165) is 22.6 Å². The van der Waals surface area contributed by atoms with E-state index in [1.54, 1.807) is 6.92 Å². The van der Waals surface area contributed by atoms with Gasteiger partial charge in [-0.1, -0.05) is 23.6 Å². The minimum atomic E-state index is 0.149. The number of carbonyl (C=O) groups excluding carboxylic acids is 1. The molecule has 78 valence electrons. The van der Waals surface area contributed by atoms with Gasteiger partial charge in [0.25, 0.3) is 0 Å². The molecule has 1 nitrogen and oxygen atoms in total. The van der Waals surface area contributed by atoms with Crippen LogP contribution >= 0.6 is 24.4 Å². The Balaban J connectivity index is 2.38. The number of thioether (sulfide) groups is 1. The van der Waals surface area contributed by atoms with Crippen molar-refractivity contribution in [3.63, 3.8) is 0 Å². The average molecular weight is 236 g/mol. The normalized spacial score (nSPS) is 9.20. The summed E-state index contributed by atoms with van der Waals surface area (Å²) in [4.78, 5) is 11.6. The highest BCUT2D eigenvalue weighted by Gasteiger charge is 1.90. The molecule has 0 aliphatic rings. The molecule has 1 rings (SSSR count). The lowest BCUT2D eigenvalue weighted by atomic mass is 10.2. The third kappa shape index (κ3) is 5.56. The zero-order chi connectivity index (χ0) is 11.1. The Hall–Kier alpha value is -0.850. The second-order valence-corrected chi connectivity index (χ2v) is 4.73. The number of rotatable bonds is 2. The van der Waals surface area contributed by atoms with Crippen LogP contribution < -0.4 is 0 Å². The van der Waals surface area contributed by atoms with Gasteiger partial charge in [0.05, 0.1) is 0 Å². The summed E-state index contributed by atoms with van der Waals surface area (Å²) < 4.78 is 0. The Morgan fingerprint density at radius 2 is 2.07 bits per heavy atom. The number of thiol groups is 1. The van der Waals surface area contributed by atoms with Crippen LogP contribution in [0.25, 0.3) is 0 Å². The number of hydrogen-bond donors (Lipinski definition) is 1. The molecule has 0 saturated heterocycles. The maximum absolute atomic E-state index is 10.6. The van der Waals surface area contributed by atoms with Gasteiger partial charge in [-0.15, -0.1) is 12.6 Å². The van der Waals surface area contributed by atoms with Gasteiger partial charge >= 0.3 is 0 Å². The van der Waals surface area contributed by atoms with Crippen molar-refractivity contribution in [2.24, 2.45) is 0 Å². The highest BCUT2D eigenvalue weighted by Crippen LogP contribution is 2.07. The molecule has 0 aliphatic carbocycles. The Morgan fingerprint density at radius 3 is 2.67 bits per heavy atom. The predicted octanol–water partition coefficient (Wildman–Crippen LogP) is 3.00. The van der Waals surface area contributed by atoms with E-state index in [9.17, 15) is 4.79 Å². The molecule has 0 amide bonds. The van der Waals surface area contributed by atoms with Gasteiger partial charge < -0.3 is 0 Å². The number of benzene rings is 1. The lowest BCUT2D eigenvalue weighted by Gasteiger charge is -1.91. The Morgan fingerprint density at radius 1 is 1.40 bits per heavy atom. The maximum atomic E-state index is 10.6. The third-order valence-corrected chi connectivity index (χ3v) is 2.75. The first-order valence-corrected chi connectivity index (χ1v) is 6.03. The van der Waals surface area contributed by atoms with Gasteiger partial charge in [-0.3, -0.25) is 4.79 Å². The summed E-state index contributed by atoms with van der Waals surface area (Å²) in [6.45, 7) is 1.57. The van der Waals surface area contributed by atoms with E-state index in [1.807, 2.05) is 24.3 Å². The lowest BCUT2D eigenvalue weighted by molar-refractivity contribution is -0.109. The van der Waals surface area contributed by atoms with Crippen molar-refractivity contribution in [1.82, 2.24) is 0 Å². The van der Waals surface area contributed by atoms with Crippen LogP contribution in [0.2, 0.25) is 0 Å². The SMILES string of the molecule is CC(=O)SCCC#Cc1ccc(S)cc1. The van der Waals surface area contributed by atoms with E-state index in [0.29, 0.717) is 0 Å². The Kier molecular flexibility index (Phi) is 5.38. The van der Waals surface area contributed by atoms with Gasteiger partial charge in [0.15, 0.2) is 5.12 Å². The summed E-state index contributed by atoms with van der Waals surface area (Å²) in [5.74, 6) is 6.84. The van der Waals surface area contributed by atoms with Crippen molar-refractivity contribution in [3.05, 3.63) is 29.8 Å². The van der Waals surface area contributed by atoms with Crippen LogP contribution in [0.3, 0.4) is 0 Å². The summed E-state index contributed by atoms with van der Waals surface area (Å²) in [6, 6.07) is 7.70. The molecule has 0 fully saturated rings. The summed E-state index contributed by atoms with van der Waals surface area (Å²) >= 11 is 5.50. The van der Waals surface area contributed by atoms with Crippen LogP contribution in [0, 0.1) is 11.8 Å². The van der Waals surface area contributed by atoms with Crippen LogP contribution in [-0.4, -0.2) is 10.9 Å². The van der Waals surface area contributed by atoms with Crippen LogP contribution in [0.1, 0.15) is 18.9 Å². The fraction of sp³-hybridized carbons (Fsp3) is 0.250. The van der Waals surface area contributed by atoms with Gasteiger partial charge in [-0.2, -0.15) is 0 Å². The first-order valence-electron chi connectivity index (χ1n) is 4.60. The highest BCUT2D eigenvalue weighted by molar-refractivity contribution is 8.13. The van der Waals surface area contributed by atoms with Gasteiger partial charge in [0.2, 0.25) is 0 Å². The molecule has 1 aromatic carbocycles. The van der Waals surface area contributed by atoms with Gasteiger partial charge in [-0.25, -0.2) is 0 Å². The van der Waals surface area contributed by atoms with Crippen molar-refractivity contribution in [2.45, 2.75) is 18.2 Å². The van der Waals surface area contributed by atoms with Crippen LogP contribution in [0.5, 0.6) is 0 Å². The summed E-state index contributed by atoms with van der Waals surface area (Å²) in [7, 11) is 0. The van der Waals surface area contributed by atoms with Gasteiger partial charge in [0, 0.05) is 29.6 Å². The maximum Gasteiger partial charge on any atom is 0.185 e. The van der Waals surface area contributed by atoms with Crippen LogP contribution in [0.4, 0.5) is 0 Å². The Labute approximate surface area is 100 Å². The molecule has 0 N–H and O–H groups in total. The van der Waals surface area contributed by atoms with Crippen molar-refractivity contribution in [3.8, 4) is 11.8 Å². The molecule has 0 bridgehead atoms. The molecule has 0 heterocycles. The quantitative estimate of drug-likeness (QED) is 0.483. The minimum absolute atomic E-state index is 0.149. The predicted molar refractivity (Wildman–Crippen MR) is 68.3 cm³/mol. The number of hydrogen-bond acceptors (Lipinski definition) is 3. The molecule has 1 aromatic rings. The van der Waals surface area contributed by atoms with Crippen LogP contribution in [-0.2, 0) is 4.79 Å². The van der Waals surface area contributed by atoms with Crippen molar-refractivity contribution < 1.29 is 4.79 Å². The van der Waals surface area contributed by atoms with E-state index in [2.05, 4.69) is 24.5 Å². The standard InChI is InChI=1S/C12H12OS2/c1-10(13)15-9-3-2-4-11-5-7-12(14)8-6-11/h5-8,14H,3,9H2,1H3. The molecule has 0 unspecified atom stereocenters. The second-order valence-electron chi connectivity index (χ2n) is 2.94. The smallest absolute Gasteiger partial charge is 0.185 e. The molecule has 0 aliphatic heterocycles. The molecule has 0 atom stereocenters. The molecule has 15 heavy (non-hydrogen) atoms. The topological polar surface area (TPSA) is 17.1 Å². The average Bonchev–Trinajstić information content (AvgIpc) is 2.20. The monoisotopic (exact) mass is 236 g/mol. The third-order valence-electron chi connectivity index (χ3n) is 1.63.